The maximum absolute atomic E-state index is 6.46. The van der Waals surface area contributed by atoms with E-state index in [-0.39, 0.29) is 11.2 Å². The lowest BCUT2D eigenvalue weighted by molar-refractivity contribution is 0.0672. The van der Waals surface area contributed by atoms with Gasteiger partial charge in [0, 0.05) is 6.42 Å². The van der Waals surface area contributed by atoms with Crippen LogP contribution in [0.3, 0.4) is 0 Å². The van der Waals surface area contributed by atoms with Crippen LogP contribution in [-0.4, -0.2) is 11.2 Å². The molecule has 0 aromatic carbocycles. The summed E-state index contributed by atoms with van der Waals surface area (Å²) < 4.78 is 6.46. The minimum atomic E-state index is 0.153. The molecule has 1 heteroatoms. The Bertz CT molecular complexity index is 377. The Hall–Kier alpha value is -0.300. The molecule has 1 saturated carbocycles. The van der Waals surface area contributed by atoms with Gasteiger partial charge in [-0.05, 0) is 37.0 Å². The highest BCUT2D eigenvalue weighted by molar-refractivity contribution is 5.36. The predicted octanol–water partition coefficient (Wildman–Crippen LogP) is 4.08. The number of epoxide rings is 1. The molecule has 3 rings (SSSR count). The van der Waals surface area contributed by atoms with Crippen molar-refractivity contribution in [1.29, 1.82) is 0 Å². The van der Waals surface area contributed by atoms with Crippen LogP contribution >= 0.6 is 0 Å². The summed E-state index contributed by atoms with van der Waals surface area (Å²) in [6.45, 7) is 11.9. The first-order chi connectivity index (χ1) is 7.27. The maximum atomic E-state index is 6.46. The van der Waals surface area contributed by atoms with Crippen LogP contribution in [0.4, 0.5) is 0 Å². The monoisotopic (exact) mass is 220 g/mol. The van der Waals surface area contributed by atoms with Crippen molar-refractivity contribution in [2.24, 2.45) is 10.8 Å². The van der Waals surface area contributed by atoms with E-state index in [0.29, 0.717) is 10.8 Å². The second-order valence-electron chi connectivity index (χ2n) is 7.46. The fraction of sp³-hybridized carbons (Fsp3) is 0.867. The smallest absolute Gasteiger partial charge is 0.108 e. The molecule has 0 bridgehead atoms. The van der Waals surface area contributed by atoms with E-state index in [9.17, 15) is 0 Å². The third kappa shape index (κ3) is 0.932. The zero-order chi connectivity index (χ0) is 11.8. The molecule has 1 aliphatic heterocycles. The molecule has 0 amide bonds. The molecule has 1 saturated heterocycles. The third-order valence-electron chi connectivity index (χ3n) is 5.79. The summed E-state index contributed by atoms with van der Waals surface area (Å²) in [6.07, 6.45) is 7.30. The summed E-state index contributed by atoms with van der Waals surface area (Å²) in [5.74, 6) is 0. The first-order valence-electron chi connectivity index (χ1n) is 6.62. The normalized spacial score (nSPS) is 47.7. The lowest BCUT2D eigenvalue weighted by atomic mass is 9.51. The standard InChI is InChI=1S/C15H24O/c1-11-6-7-14-12(2,3)8-9-13(4,5)15(14,10-11)16-14/h6H,7-10H2,1-5H3. The van der Waals surface area contributed by atoms with Gasteiger partial charge in [-0.25, -0.2) is 0 Å². The Balaban J connectivity index is 2.10. The lowest BCUT2D eigenvalue weighted by Gasteiger charge is -2.48. The van der Waals surface area contributed by atoms with Crippen LogP contribution in [0.25, 0.3) is 0 Å². The van der Waals surface area contributed by atoms with Crippen molar-refractivity contribution in [3.63, 3.8) is 0 Å². The summed E-state index contributed by atoms with van der Waals surface area (Å²) in [4.78, 5) is 0. The molecule has 0 radical (unpaired) electrons. The molecule has 0 aromatic rings. The van der Waals surface area contributed by atoms with Crippen molar-refractivity contribution < 1.29 is 4.74 Å². The molecule has 0 N–H and O–H groups in total. The predicted molar refractivity (Wildman–Crippen MR) is 66.3 cm³/mol. The van der Waals surface area contributed by atoms with Gasteiger partial charge < -0.3 is 4.74 Å². The van der Waals surface area contributed by atoms with Crippen molar-refractivity contribution in [3.05, 3.63) is 11.6 Å². The van der Waals surface area contributed by atoms with Crippen LogP contribution < -0.4 is 0 Å². The maximum Gasteiger partial charge on any atom is 0.108 e. The highest BCUT2D eigenvalue weighted by atomic mass is 16.6. The molecule has 2 unspecified atom stereocenters. The molecule has 0 spiro atoms. The Labute approximate surface area is 99.3 Å². The van der Waals surface area contributed by atoms with E-state index >= 15 is 0 Å². The third-order valence-corrected chi connectivity index (χ3v) is 5.79. The summed E-state index contributed by atoms with van der Waals surface area (Å²) in [5, 5.41) is 0. The molecule has 16 heavy (non-hydrogen) atoms. The molecule has 2 atom stereocenters. The highest BCUT2D eigenvalue weighted by Crippen LogP contribution is 2.75. The van der Waals surface area contributed by atoms with E-state index in [1.165, 1.54) is 18.4 Å². The van der Waals surface area contributed by atoms with Gasteiger partial charge in [0.15, 0.2) is 0 Å². The largest absolute Gasteiger partial charge is 0.361 e. The van der Waals surface area contributed by atoms with Gasteiger partial charge in [-0.2, -0.15) is 0 Å². The molecule has 1 nitrogen and oxygen atoms in total. The molecule has 2 fully saturated rings. The van der Waals surface area contributed by atoms with Crippen LogP contribution in [0.15, 0.2) is 11.6 Å². The summed E-state index contributed by atoms with van der Waals surface area (Å²) in [7, 11) is 0. The summed E-state index contributed by atoms with van der Waals surface area (Å²) in [6, 6.07) is 0. The Morgan fingerprint density at radius 2 is 1.56 bits per heavy atom. The highest BCUT2D eigenvalue weighted by Gasteiger charge is 2.82. The molecule has 90 valence electrons. The Morgan fingerprint density at radius 3 is 2.19 bits per heavy atom. The first kappa shape index (κ1) is 10.8. The molecule has 0 aromatic heterocycles. The molecule has 3 aliphatic rings. The van der Waals surface area contributed by atoms with Crippen molar-refractivity contribution in [1.82, 2.24) is 0 Å². The van der Waals surface area contributed by atoms with Gasteiger partial charge in [0.05, 0.1) is 0 Å². The zero-order valence-electron chi connectivity index (χ0n) is 11.3. The van der Waals surface area contributed by atoms with Crippen molar-refractivity contribution in [2.75, 3.05) is 0 Å². The van der Waals surface area contributed by atoms with E-state index in [1.54, 1.807) is 0 Å². The average molecular weight is 220 g/mol. The second-order valence-corrected chi connectivity index (χ2v) is 7.46. The van der Waals surface area contributed by atoms with Gasteiger partial charge in [0.2, 0.25) is 0 Å². The van der Waals surface area contributed by atoms with E-state index in [4.69, 9.17) is 4.74 Å². The van der Waals surface area contributed by atoms with Gasteiger partial charge in [-0.1, -0.05) is 39.3 Å². The average Bonchev–Trinajstić information content (AvgIpc) is 2.86. The number of hydrogen-bond donors (Lipinski definition) is 0. The minimum Gasteiger partial charge on any atom is -0.361 e. The van der Waals surface area contributed by atoms with Gasteiger partial charge in [-0.15, -0.1) is 0 Å². The topological polar surface area (TPSA) is 12.5 Å². The van der Waals surface area contributed by atoms with E-state index < -0.39 is 0 Å². The number of ether oxygens (including phenoxy) is 1. The molecular weight excluding hydrogens is 196 g/mol. The van der Waals surface area contributed by atoms with Crippen LogP contribution in [0.2, 0.25) is 0 Å². The first-order valence-corrected chi connectivity index (χ1v) is 6.62. The Morgan fingerprint density at radius 1 is 1.00 bits per heavy atom. The zero-order valence-corrected chi connectivity index (χ0v) is 11.3. The van der Waals surface area contributed by atoms with Gasteiger partial charge >= 0.3 is 0 Å². The van der Waals surface area contributed by atoms with Gasteiger partial charge in [0.1, 0.15) is 11.2 Å². The quantitative estimate of drug-likeness (QED) is 0.442. The van der Waals surface area contributed by atoms with Crippen LogP contribution in [-0.2, 0) is 4.74 Å². The van der Waals surface area contributed by atoms with Crippen molar-refractivity contribution in [3.8, 4) is 0 Å². The van der Waals surface area contributed by atoms with E-state index in [2.05, 4.69) is 40.7 Å². The van der Waals surface area contributed by atoms with Crippen LogP contribution in [0.1, 0.15) is 60.3 Å². The van der Waals surface area contributed by atoms with Crippen molar-refractivity contribution in [2.45, 2.75) is 71.5 Å². The SMILES string of the molecule is CC1=CCC23OC2(C1)C(C)(C)CCC3(C)C. The summed E-state index contributed by atoms with van der Waals surface area (Å²) >= 11 is 0. The van der Waals surface area contributed by atoms with Gasteiger partial charge in [-0.3, -0.25) is 0 Å². The molecular formula is C15H24O. The van der Waals surface area contributed by atoms with Crippen molar-refractivity contribution >= 4 is 0 Å². The molecule has 2 aliphatic carbocycles. The van der Waals surface area contributed by atoms with Crippen LogP contribution in [0, 0.1) is 10.8 Å². The van der Waals surface area contributed by atoms with Crippen LogP contribution in [0.5, 0.6) is 0 Å². The second kappa shape index (κ2) is 2.58. The number of hydrogen-bond acceptors (Lipinski definition) is 1. The van der Waals surface area contributed by atoms with E-state index in [0.717, 1.165) is 12.8 Å². The number of rotatable bonds is 0. The van der Waals surface area contributed by atoms with E-state index in [1.807, 2.05) is 0 Å². The minimum absolute atomic E-state index is 0.153. The Kier molecular flexibility index (Phi) is 1.75. The lowest BCUT2D eigenvalue weighted by Crippen LogP contribution is -2.53. The summed E-state index contributed by atoms with van der Waals surface area (Å²) in [5.41, 5.74) is 2.53. The van der Waals surface area contributed by atoms with Gasteiger partial charge in [0.25, 0.3) is 0 Å². The fourth-order valence-electron chi connectivity index (χ4n) is 4.35. The molecule has 1 heterocycles. The fourth-order valence-corrected chi connectivity index (χ4v) is 4.35.